The quantitative estimate of drug-likeness (QED) is 0.437. The van der Waals surface area contributed by atoms with Crippen LogP contribution >= 0.6 is 23.4 Å². The van der Waals surface area contributed by atoms with E-state index in [9.17, 15) is 9.59 Å². The van der Waals surface area contributed by atoms with Crippen LogP contribution in [0.5, 0.6) is 5.75 Å². The maximum absolute atomic E-state index is 12.6. The molecule has 1 aliphatic rings. The maximum atomic E-state index is 12.6. The van der Waals surface area contributed by atoms with Crippen LogP contribution in [0.2, 0.25) is 5.02 Å². The minimum absolute atomic E-state index is 0.215. The molecule has 0 atom stereocenters. The number of ether oxygens (including phenoxy) is 1. The Bertz CT molecular complexity index is 864. The first kappa shape index (κ1) is 19.5. The van der Waals surface area contributed by atoms with E-state index in [0.717, 1.165) is 41.5 Å². The molecule has 0 radical (unpaired) electrons. The summed E-state index contributed by atoms with van der Waals surface area (Å²) in [5.41, 5.74) is 1.67. The lowest BCUT2D eigenvalue weighted by atomic mass is 10.2. The Hall–Kier alpha value is -2.24. The molecule has 0 unspecified atom stereocenters. The average molecular weight is 402 g/mol. The average Bonchev–Trinajstić information content (AvgIpc) is 2.91. The van der Waals surface area contributed by atoms with E-state index in [4.69, 9.17) is 16.3 Å². The van der Waals surface area contributed by atoms with Gasteiger partial charge >= 0.3 is 0 Å². The van der Waals surface area contributed by atoms with E-state index in [2.05, 4.69) is 6.92 Å². The summed E-state index contributed by atoms with van der Waals surface area (Å²) in [5, 5.41) is 0.307. The van der Waals surface area contributed by atoms with E-state index < -0.39 is 0 Å². The molecule has 0 saturated carbocycles. The van der Waals surface area contributed by atoms with Crippen molar-refractivity contribution >= 4 is 40.6 Å². The molecule has 1 aliphatic heterocycles. The number of nitrogens with zero attached hydrogens (tertiary/aromatic N) is 1. The highest BCUT2D eigenvalue weighted by Gasteiger charge is 2.34. The van der Waals surface area contributed by atoms with Gasteiger partial charge in [0.25, 0.3) is 11.1 Å². The number of hydrogen-bond donors (Lipinski definition) is 0. The van der Waals surface area contributed by atoms with Crippen molar-refractivity contribution in [1.29, 1.82) is 0 Å². The first-order valence-corrected chi connectivity index (χ1v) is 9.99. The standard InChI is InChI=1S/C21H20ClNO3S/c1-2-3-11-26-18-9-7-15(8-10-18)13-19-20(24)23(21(25)27-19)14-16-5-4-6-17(22)12-16/h4-10,12-13H,2-3,11,14H2,1H3/b19-13-. The molecule has 27 heavy (non-hydrogen) atoms. The van der Waals surface area contributed by atoms with Crippen molar-refractivity contribution in [3.63, 3.8) is 0 Å². The number of thioether (sulfide) groups is 1. The van der Waals surface area contributed by atoms with Crippen LogP contribution < -0.4 is 4.74 Å². The predicted octanol–water partition coefficient (Wildman–Crippen LogP) is 5.76. The molecule has 3 rings (SSSR count). The fourth-order valence-electron chi connectivity index (χ4n) is 2.60. The Morgan fingerprint density at radius 2 is 1.93 bits per heavy atom. The van der Waals surface area contributed by atoms with Crippen LogP contribution in [0.3, 0.4) is 0 Å². The highest BCUT2D eigenvalue weighted by molar-refractivity contribution is 8.18. The monoisotopic (exact) mass is 401 g/mol. The maximum Gasteiger partial charge on any atom is 0.293 e. The third-order valence-electron chi connectivity index (χ3n) is 4.05. The van der Waals surface area contributed by atoms with Crippen molar-refractivity contribution < 1.29 is 14.3 Å². The molecule has 0 spiro atoms. The lowest BCUT2D eigenvalue weighted by Crippen LogP contribution is -2.27. The van der Waals surface area contributed by atoms with Crippen molar-refractivity contribution in [1.82, 2.24) is 4.90 Å². The van der Waals surface area contributed by atoms with Crippen LogP contribution in [0.25, 0.3) is 6.08 Å². The van der Waals surface area contributed by atoms with Gasteiger partial charge in [0.1, 0.15) is 5.75 Å². The van der Waals surface area contributed by atoms with Crippen LogP contribution in [0.1, 0.15) is 30.9 Å². The number of rotatable bonds is 7. The molecule has 2 aromatic rings. The third kappa shape index (κ3) is 5.15. The van der Waals surface area contributed by atoms with Crippen molar-refractivity contribution in [3.8, 4) is 5.75 Å². The van der Waals surface area contributed by atoms with Crippen molar-refractivity contribution in [2.45, 2.75) is 26.3 Å². The highest BCUT2D eigenvalue weighted by atomic mass is 35.5. The van der Waals surface area contributed by atoms with Crippen LogP contribution in [-0.2, 0) is 11.3 Å². The topological polar surface area (TPSA) is 46.6 Å². The SMILES string of the molecule is CCCCOc1ccc(/C=C2\SC(=O)N(Cc3cccc(Cl)c3)C2=O)cc1. The molecular formula is C21H20ClNO3S. The smallest absolute Gasteiger partial charge is 0.293 e. The Kier molecular flexibility index (Phi) is 6.58. The van der Waals surface area contributed by atoms with E-state index in [-0.39, 0.29) is 17.7 Å². The Balaban J connectivity index is 1.68. The van der Waals surface area contributed by atoms with Gasteiger partial charge in [-0.25, -0.2) is 0 Å². The molecule has 2 amide bonds. The number of halogens is 1. The van der Waals surface area contributed by atoms with Gasteiger partial charge in [-0.05, 0) is 59.7 Å². The summed E-state index contributed by atoms with van der Waals surface area (Å²) in [6.45, 7) is 3.02. The van der Waals surface area contributed by atoms with Gasteiger partial charge in [0.15, 0.2) is 0 Å². The van der Waals surface area contributed by atoms with Gasteiger partial charge < -0.3 is 4.74 Å². The van der Waals surface area contributed by atoms with Crippen LogP contribution in [0, 0.1) is 0 Å². The van der Waals surface area contributed by atoms with Crippen molar-refractivity contribution in [2.24, 2.45) is 0 Å². The molecular weight excluding hydrogens is 382 g/mol. The molecule has 0 N–H and O–H groups in total. The molecule has 4 nitrogen and oxygen atoms in total. The van der Waals surface area contributed by atoms with Gasteiger partial charge in [-0.1, -0.05) is 49.2 Å². The van der Waals surface area contributed by atoms with E-state index in [1.54, 1.807) is 24.3 Å². The largest absolute Gasteiger partial charge is 0.494 e. The van der Waals surface area contributed by atoms with Crippen molar-refractivity contribution in [2.75, 3.05) is 6.61 Å². The Labute approximate surface area is 168 Å². The summed E-state index contributed by atoms with van der Waals surface area (Å²) in [6, 6.07) is 14.7. The first-order valence-electron chi connectivity index (χ1n) is 8.79. The summed E-state index contributed by atoms with van der Waals surface area (Å²) in [7, 11) is 0. The van der Waals surface area contributed by atoms with E-state index in [1.165, 1.54) is 4.90 Å². The molecule has 1 saturated heterocycles. The summed E-state index contributed by atoms with van der Waals surface area (Å²) >= 11 is 6.93. The second-order valence-electron chi connectivity index (χ2n) is 6.17. The minimum atomic E-state index is -0.284. The number of amides is 2. The van der Waals surface area contributed by atoms with Crippen molar-refractivity contribution in [3.05, 3.63) is 69.6 Å². The van der Waals surface area contributed by atoms with Gasteiger partial charge in [-0.2, -0.15) is 0 Å². The van der Waals surface area contributed by atoms with Crippen LogP contribution in [0.4, 0.5) is 4.79 Å². The third-order valence-corrected chi connectivity index (χ3v) is 5.19. The summed E-state index contributed by atoms with van der Waals surface area (Å²) in [5.74, 6) is 0.517. The van der Waals surface area contributed by atoms with E-state index in [0.29, 0.717) is 16.5 Å². The van der Waals surface area contributed by atoms with Gasteiger partial charge in [0, 0.05) is 5.02 Å². The summed E-state index contributed by atoms with van der Waals surface area (Å²) in [4.78, 5) is 26.5. The first-order chi connectivity index (χ1) is 13.1. The number of unbranched alkanes of at least 4 members (excludes halogenated alkanes) is 1. The Morgan fingerprint density at radius 1 is 1.15 bits per heavy atom. The molecule has 0 bridgehead atoms. The lowest BCUT2D eigenvalue weighted by Gasteiger charge is -2.12. The Morgan fingerprint density at radius 3 is 2.63 bits per heavy atom. The van der Waals surface area contributed by atoms with Crippen LogP contribution in [0.15, 0.2) is 53.4 Å². The van der Waals surface area contributed by atoms with Crippen LogP contribution in [-0.4, -0.2) is 22.7 Å². The molecule has 140 valence electrons. The van der Waals surface area contributed by atoms with E-state index >= 15 is 0 Å². The van der Waals surface area contributed by atoms with Gasteiger partial charge in [0.05, 0.1) is 18.1 Å². The second-order valence-corrected chi connectivity index (χ2v) is 7.60. The second kappa shape index (κ2) is 9.11. The number of benzene rings is 2. The molecule has 1 heterocycles. The van der Waals surface area contributed by atoms with E-state index in [1.807, 2.05) is 30.3 Å². The molecule has 2 aromatic carbocycles. The predicted molar refractivity (Wildman–Crippen MR) is 110 cm³/mol. The number of carbonyl (C=O) groups is 2. The molecule has 0 aromatic heterocycles. The lowest BCUT2D eigenvalue weighted by molar-refractivity contribution is -0.123. The molecule has 0 aliphatic carbocycles. The molecule has 6 heteroatoms. The number of carbonyl (C=O) groups excluding carboxylic acids is 2. The highest BCUT2D eigenvalue weighted by Crippen LogP contribution is 2.33. The minimum Gasteiger partial charge on any atom is -0.494 e. The summed E-state index contributed by atoms with van der Waals surface area (Å²) in [6.07, 6.45) is 3.84. The van der Waals surface area contributed by atoms with Gasteiger partial charge in [-0.15, -0.1) is 0 Å². The fraction of sp³-hybridized carbons (Fsp3) is 0.238. The normalized spacial score (nSPS) is 15.6. The number of hydrogen-bond acceptors (Lipinski definition) is 4. The zero-order valence-electron chi connectivity index (χ0n) is 15.0. The fourth-order valence-corrected chi connectivity index (χ4v) is 3.65. The zero-order chi connectivity index (χ0) is 19.2. The summed E-state index contributed by atoms with van der Waals surface area (Å²) < 4.78 is 5.64. The zero-order valence-corrected chi connectivity index (χ0v) is 16.6. The van der Waals surface area contributed by atoms with Gasteiger partial charge in [0.2, 0.25) is 0 Å². The molecule has 1 fully saturated rings. The number of imide groups is 1. The van der Waals surface area contributed by atoms with Gasteiger partial charge in [-0.3, -0.25) is 14.5 Å².